The molecule has 0 aliphatic carbocycles. The molecule has 0 fully saturated rings. The summed E-state index contributed by atoms with van der Waals surface area (Å²) >= 11 is 0. The van der Waals surface area contributed by atoms with E-state index in [0.717, 1.165) is 5.52 Å². The van der Waals surface area contributed by atoms with Crippen molar-refractivity contribution in [3.05, 3.63) is 64.6 Å². The van der Waals surface area contributed by atoms with Crippen LogP contribution < -0.4 is 0 Å². The number of carbonyl (C=O) groups excluding carboxylic acids is 2. The van der Waals surface area contributed by atoms with Gasteiger partial charge in [-0.2, -0.15) is 0 Å². The maximum absolute atomic E-state index is 14.9. The lowest BCUT2D eigenvalue weighted by atomic mass is 9.90. The average molecular weight is 447 g/mol. The van der Waals surface area contributed by atoms with Gasteiger partial charge in [0.05, 0.1) is 35.5 Å². The molecule has 0 unspecified atom stereocenters. The smallest absolute Gasteiger partial charge is 0.340 e. The summed E-state index contributed by atoms with van der Waals surface area (Å²) in [6.45, 7) is 7.33. The first-order chi connectivity index (χ1) is 15.9. The van der Waals surface area contributed by atoms with Crippen molar-refractivity contribution < 1.29 is 27.9 Å². The predicted octanol–water partition coefficient (Wildman–Crippen LogP) is 6.08. The molecule has 0 saturated carbocycles. The topological polar surface area (TPSA) is 70.7 Å². The Balaban J connectivity index is 2.13. The van der Waals surface area contributed by atoms with Gasteiger partial charge in [0.15, 0.2) is 11.2 Å². The zero-order valence-electron chi connectivity index (χ0n) is 18.7. The van der Waals surface area contributed by atoms with Gasteiger partial charge in [0.2, 0.25) is 0 Å². The van der Waals surface area contributed by atoms with Crippen LogP contribution in [-0.4, -0.2) is 29.7 Å². The van der Waals surface area contributed by atoms with Gasteiger partial charge in [0.25, 0.3) is 0 Å². The van der Waals surface area contributed by atoms with Crippen molar-refractivity contribution in [3.8, 4) is 5.69 Å². The summed E-state index contributed by atoms with van der Waals surface area (Å²) < 4.78 is 33.8. The van der Waals surface area contributed by atoms with E-state index in [9.17, 15) is 14.0 Å². The number of ether oxygens (including phenoxy) is 2. The molecule has 0 spiro atoms. The van der Waals surface area contributed by atoms with Crippen LogP contribution in [0.3, 0.4) is 0 Å². The lowest BCUT2D eigenvalue weighted by Gasteiger charge is -2.26. The van der Waals surface area contributed by atoms with Gasteiger partial charge in [-0.1, -0.05) is 12.1 Å². The van der Waals surface area contributed by atoms with Gasteiger partial charge in [0, 0.05) is 27.4 Å². The maximum Gasteiger partial charge on any atom is 0.340 e. The lowest BCUT2D eigenvalue weighted by molar-refractivity contribution is 0.0518. The molecule has 0 aromatic heterocycles. The number of fused-ring (bicyclic) bond motifs is 2. The number of aromatic nitrogens is 1. The van der Waals surface area contributed by atoms with Gasteiger partial charge >= 0.3 is 11.9 Å². The molecule has 0 bridgehead atoms. The fraction of sp³-hybridized carbons (Fsp3) is 0.231. The van der Waals surface area contributed by atoms with Crippen molar-refractivity contribution in [2.24, 2.45) is 0 Å². The van der Waals surface area contributed by atoms with Crippen molar-refractivity contribution in [1.29, 1.82) is 0 Å². The molecule has 7 heteroatoms. The third kappa shape index (κ3) is 2.92. The molecular formula is C26H22FNO5. The van der Waals surface area contributed by atoms with E-state index in [2.05, 4.69) is 0 Å². The first-order valence-electron chi connectivity index (χ1n) is 10.8. The summed E-state index contributed by atoms with van der Waals surface area (Å²) in [5, 5.41) is 1.27. The molecular weight excluding hydrogens is 425 g/mol. The second-order valence-corrected chi connectivity index (χ2v) is 7.86. The average Bonchev–Trinajstić information content (AvgIpc) is 2.77. The summed E-state index contributed by atoms with van der Waals surface area (Å²) in [4.78, 5) is 26.1. The van der Waals surface area contributed by atoms with E-state index in [1.54, 1.807) is 27.7 Å². The van der Waals surface area contributed by atoms with Gasteiger partial charge in [-0.15, -0.1) is 0 Å². The van der Waals surface area contributed by atoms with Crippen LogP contribution in [0.2, 0.25) is 0 Å². The molecule has 5 rings (SSSR count). The third-order valence-electron chi connectivity index (χ3n) is 6.01. The Kier molecular flexibility index (Phi) is 4.85. The molecule has 3 aromatic rings. The van der Waals surface area contributed by atoms with Crippen molar-refractivity contribution in [2.75, 3.05) is 13.2 Å². The standard InChI is InChI=1S/C26H22FNO5/c1-5-31-25(29)20-13(3)24-23-22-16(20)11-15(27)12-17(22)21(26(30)32-6-2)14(4)28(23)18-9-7-8-10-19(18)33-24/h7-12H,5-6H2,1-4H3. The zero-order chi connectivity index (χ0) is 23.4. The van der Waals surface area contributed by atoms with Gasteiger partial charge in [0.1, 0.15) is 5.82 Å². The minimum absolute atomic E-state index is 0.169. The van der Waals surface area contributed by atoms with E-state index in [0.29, 0.717) is 44.3 Å². The molecule has 0 amide bonds. The Morgan fingerprint density at radius 1 is 0.970 bits per heavy atom. The summed E-state index contributed by atoms with van der Waals surface area (Å²) in [6, 6.07) is 10.0. The van der Waals surface area contributed by atoms with Crippen LogP contribution >= 0.6 is 0 Å². The van der Waals surface area contributed by atoms with E-state index in [-0.39, 0.29) is 24.3 Å². The maximum atomic E-state index is 14.9. The quantitative estimate of drug-likeness (QED) is 0.190. The van der Waals surface area contributed by atoms with Crippen molar-refractivity contribution >= 4 is 44.8 Å². The first kappa shape index (κ1) is 21.0. The van der Waals surface area contributed by atoms with E-state index < -0.39 is 17.8 Å². The van der Waals surface area contributed by atoms with Crippen LogP contribution in [0.4, 0.5) is 4.39 Å². The molecule has 0 N–H and O–H groups in total. The number of pyridine rings is 1. The SMILES string of the molecule is CCOC(=O)c1c(C)c2oc3ccccc3n3c(C)c(C(=O)OCC)c4cc(F)cc1c4c2-3. The fourth-order valence-corrected chi connectivity index (χ4v) is 4.74. The second-order valence-electron chi connectivity index (χ2n) is 7.86. The van der Waals surface area contributed by atoms with E-state index in [1.807, 2.05) is 28.8 Å². The minimum atomic E-state index is -0.577. The number of nitrogens with zero attached hydrogens (tertiary/aromatic N) is 1. The van der Waals surface area contributed by atoms with Crippen molar-refractivity contribution in [3.63, 3.8) is 0 Å². The van der Waals surface area contributed by atoms with Gasteiger partial charge < -0.3 is 18.5 Å². The molecule has 33 heavy (non-hydrogen) atoms. The largest absolute Gasteiger partial charge is 0.462 e. The Hall–Kier alpha value is -3.87. The van der Waals surface area contributed by atoms with Crippen LogP contribution in [0.15, 0.2) is 40.8 Å². The van der Waals surface area contributed by atoms with Crippen molar-refractivity contribution in [2.45, 2.75) is 27.7 Å². The number of esters is 2. The summed E-state index contributed by atoms with van der Waals surface area (Å²) in [5.74, 6) is -1.70. The van der Waals surface area contributed by atoms with E-state index >= 15 is 0 Å². The van der Waals surface area contributed by atoms with Gasteiger partial charge in [-0.05, 0) is 52.0 Å². The number of para-hydroxylation sites is 2. The van der Waals surface area contributed by atoms with Crippen molar-refractivity contribution in [1.82, 2.24) is 4.57 Å². The van der Waals surface area contributed by atoms with Crippen LogP contribution in [0.25, 0.3) is 38.5 Å². The highest BCUT2D eigenvalue weighted by atomic mass is 19.1. The van der Waals surface area contributed by atoms with Crippen LogP contribution in [-0.2, 0) is 9.47 Å². The van der Waals surface area contributed by atoms with E-state index in [1.165, 1.54) is 12.1 Å². The molecule has 2 aliphatic rings. The molecule has 168 valence electrons. The number of hydrogen-bond donors (Lipinski definition) is 0. The highest BCUT2D eigenvalue weighted by Crippen LogP contribution is 2.44. The normalized spacial score (nSPS) is 11.7. The molecule has 2 aliphatic heterocycles. The summed E-state index contributed by atoms with van der Waals surface area (Å²) in [6.07, 6.45) is 0. The van der Waals surface area contributed by atoms with E-state index in [4.69, 9.17) is 13.9 Å². The van der Waals surface area contributed by atoms with Gasteiger partial charge in [-0.3, -0.25) is 0 Å². The Labute approximate surface area is 188 Å². The molecule has 6 nitrogen and oxygen atoms in total. The summed E-state index contributed by atoms with van der Waals surface area (Å²) in [5.41, 5.74) is 4.05. The monoisotopic (exact) mass is 447 g/mol. The minimum Gasteiger partial charge on any atom is -0.462 e. The summed E-state index contributed by atoms with van der Waals surface area (Å²) in [7, 11) is 0. The molecule has 3 aromatic carbocycles. The fourth-order valence-electron chi connectivity index (χ4n) is 4.74. The van der Waals surface area contributed by atoms with Gasteiger partial charge in [-0.25, -0.2) is 14.0 Å². The predicted molar refractivity (Wildman–Crippen MR) is 123 cm³/mol. The highest BCUT2D eigenvalue weighted by Gasteiger charge is 2.31. The number of benzene rings is 3. The number of hydrogen-bond acceptors (Lipinski definition) is 5. The Morgan fingerprint density at radius 2 is 1.58 bits per heavy atom. The Morgan fingerprint density at radius 3 is 2.24 bits per heavy atom. The Bertz CT molecular complexity index is 1560. The molecule has 2 heterocycles. The molecule has 0 atom stereocenters. The van der Waals surface area contributed by atoms with Crippen LogP contribution in [0.1, 0.15) is 45.8 Å². The third-order valence-corrected chi connectivity index (χ3v) is 6.01. The lowest BCUT2D eigenvalue weighted by Crippen LogP contribution is -2.18. The number of aryl methyl sites for hydroxylation is 1. The van der Waals surface area contributed by atoms with Crippen LogP contribution in [0.5, 0.6) is 0 Å². The highest BCUT2D eigenvalue weighted by molar-refractivity contribution is 6.22. The molecule has 0 radical (unpaired) electrons. The van der Waals surface area contributed by atoms with Crippen LogP contribution in [0, 0.1) is 19.7 Å². The number of halogens is 1. The number of carbonyl (C=O) groups is 2. The number of rotatable bonds is 4. The molecule has 0 saturated heterocycles. The first-order valence-corrected chi connectivity index (χ1v) is 10.8. The second kappa shape index (κ2) is 7.62. The zero-order valence-corrected chi connectivity index (χ0v) is 18.7.